The summed E-state index contributed by atoms with van der Waals surface area (Å²) >= 11 is 0. The number of hydrogen-bond acceptors (Lipinski definition) is 4. The molecule has 25 heavy (non-hydrogen) atoms. The van der Waals surface area contributed by atoms with Gasteiger partial charge in [0.1, 0.15) is 11.3 Å². The van der Waals surface area contributed by atoms with Gasteiger partial charge in [-0.3, -0.25) is 9.69 Å². The highest BCUT2D eigenvalue weighted by atomic mass is 16.5. The van der Waals surface area contributed by atoms with Crippen LogP contribution in [0.15, 0.2) is 34.9 Å². The molecule has 0 saturated carbocycles. The minimum atomic E-state index is -0.0595. The van der Waals surface area contributed by atoms with E-state index < -0.39 is 0 Å². The summed E-state index contributed by atoms with van der Waals surface area (Å²) in [5.74, 6) is 1.03. The van der Waals surface area contributed by atoms with E-state index in [1.165, 1.54) is 12.0 Å². The first-order valence-corrected chi connectivity index (χ1v) is 9.17. The average molecular weight is 341 g/mol. The van der Waals surface area contributed by atoms with Crippen molar-refractivity contribution in [3.63, 3.8) is 0 Å². The summed E-state index contributed by atoms with van der Waals surface area (Å²) in [4.78, 5) is 15.0. The second-order valence-electron chi connectivity index (χ2n) is 6.85. The molecule has 0 aliphatic carbocycles. The van der Waals surface area contributed by atoms with Crippen LogP contribution < -0.4 is 5.32 Å². The standard InChI is InChI=1S/C20H27N3O2/c1-3-18-19(15(2)25-22-18)20(24)21-12-17-10-7-11-23(14-17)13-16-8-5-4-6-9-16/h4-6,8-9,17H,3,7,10-14H2,1-2H3,(H,21,24)/t17-/m1/s1. The van der Waals surface area contributed by atoms with E-state index >= 15 is 0 Å². The first-order chi connectivity index (χ1) is 12.2. The Morgan fingerprint density at radius 2 is 2.16 bits per heavy atom. The first-order valence-electron chi connectivity index (χ1n) is 9.17. The molecular formula is C20H27N3O2. The number of amides is 1. The maximum atomic E-state index is 12.5. The molecule has 1 aromatic heterocycles. The fourth-order valence-electron chi connectivity index (χ4n) is 3.58. The van der Waals surface area contributed by atoms with Gasteiger partial charge in [0, 0.05) is 19.6 Å². The van der Waals surface area contributed by atoms with Crippen molar-refractivity contribution in [2.45, 2.75) is 39.7 Å². The lowest BCUT2D eigenvalue weighted by molar-refractivity contribution is 0.0928. The van der Waals surface area contributed by atoms with Gasteiger partial charge in [-0.1, -0.05) is 42.4 Å². The van der Waals surface area contributed by atoms with Gasteiger partial charge in [0.15, 0.2) is 0 Å². The molecule has 5 heteroatoms. The molecule has 0 bridgehead atoms. The number of nitrogens with one attached hydrogen (secondary N) is 1. The van der Waals surface area contributed by atoms with E-state index in [0.29, 0.717) is 30.2 Å². The summed E-state index contributed by atoms with van der Waals surface area (Å²) in [7, 11) is 0. The molecule has 1 aliphatic rings. The summed E-state index contributed by atoms with van der Waals surface area (Å²) in [6.45, 7) is 7.62. The summed E-state index contributed by atoms with van der Waals surface area (Å²) in [5, 5.41) is 7.05. The number of carbonyl (C=O) groups is 1. The Labute approximate surface area is 149 Å². The molecule has 0 radical (unpaired) electrons. The van der Waals surface area contributed by atoms with E-state index in [0.717, 1.165) is 31.7 Å². The van der Waals surface area contributed by atoms with Gasteiger partial charge in [-0.05, 0) is 44.2 Å². The largest absolute Gasteiger partial charge is 0.361 e. The third-order valence-electron chi connectivity index (χ3n) is 4.90. The molecule has 134 valence electrons. The number of hydrogen-bond donors (Lipinski definition) is 1. The van der Waals surface area contributed by atoms with Crippen molar-refractivity contribution in [3.8, 4) is 0 Å². The van der Waals surface area contributed by atoms with Crippen LogP contribution in [0.25, 0.3) is 0 Å². The Kier molecular flexibility index (Phi) is 5.87. The lowest BCUT2D eigenvalue weighted by atomic mass is 9.97. The Bertz CT molecular complexity index is 696. The molecule has 2 aromatic rings. The number of carbonyl (C=O) groups excluding carboxylic acids is 1. The van der Waals surface area contributed by atoms with Crippen LogP contribution in [-0.4, -0.2) is 35.6 Å². The lowest BCUT2D eigenvalue weighted by Gasteiger charge is -2.32. The summed E-state index contributed by atoms with van der Waals surface area (Å²) < 4.78 is 5.16. The van der Waals surface area contributed by atoms with Crippen LogP contribution in [0, 0.1) is 12.8 Å². The highest BCUT2D eigenvalue weighted by Gasteiger charge is 2.23. The molecule has 0 unspecified atom stereocenters. The van der Waals surface area contributed by atoms with Gasteiger partial charge in [0.2, 0.25) is 0 Å². The first kappa shape index (κ1) is 17.7. The molecule has 1 saturated heterocycles. The topological polar surface area (TPSA) is 58.4 Å². The van der Waals surface area contributed by atoms with E-state index in [9.17, 15) is 4.79 Å². The van der Waals surface area contributed by atoms with Crippen molar-refractivity contribution >= 4 is 5.91 Å². The van der Waals surface area contributed by atoms with Crippen LogP contribution in [0.5, 0.6) is 0 Å². The number of aromatic nitrogens is 1. The van der Waals surface area contributed by atoms with E-state index in [1.54, 1.807) is 6.92 Å². The molecule has 1 aromatic carbocycles. The molecule has 1 fully saturated rings. The van der Waals surface area contributed by atoms with Gasteiger partial charge >= 0.3 is 0 Å². The van der Waals surface area contributed by atoms with Crippen molar-refractivity contribution in [2.75, 3.05) is 19.6 Å². The number of likely N-dealkylation sites (tertiary alicyclic amines) is 1. The monoisotopic (exact) mass is 341 g/mol. The second kappa shape index (κ2) is 8.30. The molecule has 5 nitrogen and oxygen atoms in total. The zero-order valence-electron chi connectivity index (χ0n) is 15.1. The van der Waals surface area contributed by atoms with E-state index in [2.05, 4.69) is 45.7 Å². The number of piperidine rings is 1. The van der Waals surface area contributed by atoms with Crippen LogP contribution >= 0.6 is 0 Å². The van der Waals surface area contributed by atoms with Crippen LogP contribution in [0.1, 0.15) is 47.1 Å². The van der Waals surface area contributed by atoms with Crippen LogP contribution in [0.2, 0.25) is 0 Å². The number of benzene rings is 1. The Morgan fingerprint density at radius 1 is 1.36 bits per heavy atom. The fraction of sp³-hybridized carbons (Fsp3) is 0.500. The van der Waals surface area contributed by atoms with Crippen molar-refractivity contribution in [2.24, 2.45) is 5.92 Å². The number of aryl methyl sites for hydroxylation is 2. The van der Waals surface area contributed by atoms with Crippen LogP contribution in [0.3, 0.4) is 0 Å². The van der Waals surface area contributed by atoms with Crippen molar-refractivity contribution in [1.29, 1.82) is 0 Å². The van der Waals surface area contributed by atoms with E-state index in [4.69, 9.17) is 4.52 Å². The Morgan fingerprint density at radius 3 is 2.92 bits per heavy atom. The third-order valence-corrected chi connectivity index (χ3v) is 4.90. The van der Waals surface area contributed by atoms with Gasteiger partial charge in [0.25, 0.3) is 5.91 Å². The van der Waals surface area contributed by atoms with Gasteiger partial charge in [-0.2, -0.15) is 0 Å². The van der Waals surface area contributed by atoms with Crippen molar-refractivity contribution < 1.29 is 9.32 Å². The molecule has 2 heterocycles. The molecule has 1 atom stereocenters. The smallest absolute Gasteiger partial charge is 0.256 e. The van der Waals surface area contributed by atoms with Crippen LogP contribution in [-0.2, 0) is 13.0 Å². The van der Waals surface area contributed by atoms with Crippen molar-refractivity contribution in [3.05, 3.63) is 52.9 Å². The zero-order chi connectivity index (χ0) is 17.6. The van der Waals surface area contributed by atoms with Crippen molar-refractivity contribution in [1.82, 2.24) is 15.4 Å². The lowest BCUT2D eigenvalue weighted by Crippen LogP contribution is -2.40. The summed E-state index contributed by atoms with van der Waals surface area (Å²) in [5.41, 5.74) is 2.70. The molecular weight excluding hydrogens is 314 g/mol. The van der Waals surface area contributed by atoms with Gasteiger partial charge in [0.05, 0.1) is 5.69 Å². The Hall–Kier alpha value is -2.14. The second-order valence-corrected chi connectivity index (χ2v) is 6.85. The number of nitrogens with zero attached hydrogens (tertiary/aromatic N) is 2. The highest BCUT2D eigenvalue weighted by molar-refractivity contribution is 5.96. The maximum absolute atomic E-state index is 12.5. The molecule has 1 amide bonds. The predicted octanol–water partition coefficient (Wildman–Crippen LogP) is 3.19. The molecule has 0 spiro atoms. The normalized spacial score (nSPS) is 18.2. The molecule has 3 rings (SSSR count). The molecule has 1 aliphatic heterocycles. The third kappa shape index (κ3) is 4.48. The van der Waals surface area contributed by atoms with Gasteiger partial charge in [-0.15, -0.1) is 0 Å². The summed E-state index contributed by atoms with van der Waals surface area (Å²) in [6, 6.07) is 10.6. The fourth-order valence-corrected chi connectivity index (χ4v) is 3.58. The maximum Gasteiger partial charge on any atom is 0.256 e. The Balaban J connectivity index is 1.52. The zero-order valence-corrected chi connectivity index (χ0v) is 15.1. The van der Waals surface area contributed by atoms with E-state index in [1.807, 2.05) is 6.92 Å². The van der Waals surface area contributed by atoms with E-state index in [-0.39, 0.29) is 5.91 Å². The minimum Gasteiger partial charge on any atom is -0.361 e. The number of rotatable bonds is 6. The van der Waals surface area contributed by atoms with Crippen LogP contribution in [0.4, 0.5) is 0 Å². The predicted molar refractivity (Wildman–Crippen MR) is 97.4 cm³/mol. The van der Waals surface area contributed by atoms with Gasteiger partial charge < -0.3 is 9.84 Å². The highest BCUT2D eigenvalue weighted by Crippen LogP contribution is 2.19. The minimum absolute atomic E-state index is 0.0595. The average Bonchev–Trinajstić information content (AvgIpc) is 3.02. The van der Waals surface area contributed by atoms with Gasteiger partial charge in [-0.25, -0.2) is 0 Å². The summed E-state index contributed by atoms with van der Waals surface area (Å²) in [6.07, 6.45) is 3.04. The molecule has 1 N–H and O–H groups in total. The SMILES string of the molecule is CCc1noc(C)c1C(=O)NC[C@H]1CCCN(Cc2ccccc2)C1. The quantitative estimate of drug-likeness (QED) is 0.877.